The van der Waals surface area contributed by atoms with Gasteiger partial charge in [0.05, 0.1) is 12.5 Å². The number of carbonyl (C=O) groups is 1. The largest absolute Gasteiger partial charge is 0.478 e. The Bertz CT molecular complexity index is 455. The molecule has 0 aliphatic carbocycles. The summed E-state index contributed by atoms with van der Waals surface area (Å²) in [7, 11) is 0. The first kappa shape index (κ1) is 12.8. The smallest absolute Gasteiger partial charge is 0.331 e. The van der Waals surface area contributed by atoms with Crippen molar-refractivity contribution in [2.45, 2.75) is 13.3 Å². The van der Waals surface area contributed by atoms with Crippen LogP contribution in [0.2, 0.25) is 0 Å². The quantitative estimate of drug-likeness (QED) is 0.760. The van der Waals surface area contributed by atoms with Gasteiger partial charge in [-0.25, -0.2) is 4.79 Å². The number of carboxylic acid groups (broad SMARTS) is 1. The lowest BCUT2D eigenvalue weighted by Gasteiger charge is -2.04. The Morgan fingerprint density at radius 1 is 1.47 bits per heavy atom. The summed E-state index contributed by atoms with van der Waals surface area (Å²) in [5, 5.41) is 20.2. The van der Waals surface area contributed by atoms with Crippen molar-refractivity contribution < 1.29 is 9.90 Å². The average molecular weight is 230 g/mol. The van der Waals surface area contributed by atoms with E-state index < -0.39 is 5.97 Å². The predicted octanol–water partition coefficient (Wildman–Crippen LogP) is 2.20. The lowest BCUT2D eigenvalue weighted by Crippen LogP contribution is -2.03. The number of nitrogens with zero attached hydrogens (tertiary/aromatic N) is 1. The van der Waals surface area contributed by atoms with Gasteiger partial charge < -0.3 is 10.4 Å². The van der Waals surface area contributed by atoms with Crippen molar-refractivity contribution in [1.29, 1.82) is 5.26 Å². The number of rotatable bonds is 5. The molecule has 0 aliphatic heterocycles. The number of carboxylic acids is 1. The van der Waals surface area contributed by atoms with Crippen LogP contribution >= 0.6 is 0 Å². The molecule has 0 aliphatic rings. The predicted molar refractivity (Wildman–Crippen MR) is 65.6 cm³/mol. The van der Waals surface area contributed by atoms with Gasteiger partial charge >= 0.3 is 5.97 Å². The van der Waals surface area contributed by atoms with E-state index in [4.69, 9.17) is 10.4 Å². The summed E-state index contributed by atoms with van der Waals surface area (Å²) in [6.45, 7) is 2.02. The molecule has 0 radical (unpaired) electrons. The van der Waals surface area contributed by atoms with E-state index >= 15 is 0 Å². The van der Waals surface area contributed by atoms with Crippen molar-refractivity contribution in [2.75, 3.05) is 11.9 Å². The van der Waals surface area contributed by atoms with E-state index in [9.17, 15) is 4.79 Å². The maximum absolute atomic E-state index is 10.5. The number of nitriles is 1. The summed E-state index contributed by atoms with van der Waals surface area (Å²) in [5.41, 5.74) is 2.19. The molecular formula is C13H14N2O2. The summed E-state index contributed by atoms with van der Waals surface area (Å²) in [4.78, 5) is 10.5. The lowest BCUT2D eigenvalue weighted by atomic mass is 10.1. The van der Waals surface area contributed by atoms with Crippen molar-refractivity contribution in [1.82, 2.24) is 0 Å². The second kappa shape index (κ2) is 6.33. The Labute approximate surface area is 100 Å². The molecule has 2 N–H and O–H groups in total. The third kappa shape index (κ3) is 4.39. The summed E-state index contributed by atoms with van der Waals surface area (Å²) < 4.78 is 0. The van der Waals surface area contributed by atoms with Crippen molar-refractivity contribution in [3.63, 3.8) is 0 Å². The molecule has 0 bridgehead atoms. The normalized spacial score (nSPS) is 10.7. The van der Waals surface area contributed by atoms with Crippen LogP contribution in [-0.2, 0) is 11.2 Å². The van der Waals surface area contributed by atoms with Gasteiger partial charge in [0.25, 0.3) is 0 Å². The zero-order valence-corrected chi connectivity index (χ0v) is 9.60. The van der Waals surface area contributed by atoms with Gasteiger partial charge in [0, 0.05) is 17.8 Å². The molecule has 0 fully saturated rings. The van der Waals surface area contributed by atoms with Crippen LogP contribution in [0.5, 0.6) is 0 Å². The maximum Gasteiger partial charge on any atom is 0.331 e. The molecule has 0 saturated heterocycles. The molecule has 0 heterocycles. The maximum atomic E-state index is 10.5. The van der Waals surface area contributed by atoms with Gasteiger partial charge in [0.1, 0.15) is 0 Å². The van der Waals surface area contributed by atoms with E-state index in [1.807, 2.05) is 24.3 Å². The molecule has 0 aromatic heterocycles. The van der Waals surface area contributed by atoms with Gasteiger partial charge in [-0.05, 0) is 24.6 Å². The van der Waals surface area contributed by atoms with Crippen LogP contribution in [0.3, 0.4) is 0 Å². The topological polar surface area (TPSA) is 73.1 Å². The van der Waals surface area contributed by atoms with Crippen LogP contribution in [0.4, 0.5) is 5.69 Å². The molecule has 4 heteroatoms. The Morgan fingerprint density at radius 3 is 2.65 bits per heavy atom. The Morgan fingerprint density at radius 2 is 2.12 bits per heavy atom. The van der Waals surface area contributed by atoms with Gasteiger partial charge in [0.2, 0.25) is 0 Å². The van der Waals surface area contributed by atoms with Crippen LogP contribution in [-0.4, -0.2) is 17.6 Å². The first-order chi connectivity index (χ1) is 8.13. The fraction of sp³-hybridized carbons (Fsp3) is 0.231. The van der Waals surface area contributed by atoms with E-state index in [2.05, 4.69) is 11.4 Å². The van der Waals surface area contributed by atoms with Crippen molar-refractivity contribution in [2.24, 2.45) is 0 Å². The van der Waals surface area contributed by atoms with Crippen molar-refractivity contribution >= 4 is 11.7 Å². The zero-order chi connectivity index (χ0) is 12.7. The molecule has 1 rings (SSSR count). The molecule has 0 unspecified atom stereocenters. The van der Waals surface area contributed by atoms with Crippen LogP contribution in [0, 0.1) is 11.3 Å². The first-order valence-corrected chi connectivity index (χ1v) is 5.23. The van der Waals surface area contributed by atoms with Crippen LogP contribution in [0.15, 0.2) is 35.9 Å². The van der Waals surface area contributed by atoms with E-state index in [-0.39, 0.29) is 0 Å². The van der Waals surface area contributed by atoms with E-state index in [0.29, 0.717) is 18.5 Å². The minimum absolute atomic E-state index is 0.318. The van der Waals surface area contributed by atoms with Crippen LogP contribution < -0.4 is 5.32 Å². The highest BCUT2D eigenvalue weighted by Crippen LogP contribution is 2.09. The first-order valence-electron chi connectivity index (χ1n) is 5.23. The number of anilines is 1. The highest BCUT2D eigenvalue weighted by Gasteiger charge is 1.98. The Balaban J connectivity index is 2.51. The SMILES string of the molecule is C/C(=C/CNc1ccc(CC#N)cc1)C(=O)O. The molecular weight excluding hydrogens is 216 g/mol. The van der Waals surface area contributed by atoms with Gasteiger partial charge in [-0.3, -0.25) is 0 Å². The molecule has 88 valence electrons. The number of hydrogen-bond donors (Lipinski definition) is 2. The van der Waals surface area contributed by atoms with Crippen LogP contribution in [0.25, 0.3) is 0 Å². The minimum atomic E-state index is -0.906. The second-order valence-electron chi connectivity index (χ2n) is 3.61. The van der Waals surface area contributed by atoms with Crippen molar-refractivity contribution in [3.05, 3.63) is 41.5 Å². The zero-order valence-electron chi connectivity index (χ0n) is 9.60. The fourth-order valence-corrected chi connectivity index (χ4v) is 1.24. The van der Waals surface area contributed by atoms with Gasteiger partial charge in [-0.2, -0.15) is 5.26 Å². The van der Waals surface area contributed by atoms with Gasteiger partial charge in [-0.1, -0.05) is 18.2 Å². The third-order valence-electron chi connectivity index (χ3n) is 2.29. The van der Waals surface area contributed by atoms with Gasteiger partial charge in [-0.15, -0.1) is 0 Å². The molecule has 1 aromatic carbocycles. The summed E-state index contributed by atoms with van der Waals surface area (Å²) in [6, 6.07) is 9.57. The molecule has 1 aromatic rings. The molecule has 0 amide bonds. The number of benzene rings is 1. The standard InChI is InChI=1S/C13H14N2O2/c1-10(13(16)17)7-9-15-12-4-2-11(3-5-12)6-8-14/h2-5,7,15H,6,9H2,1H3,(H,16,17)/b10-7-. The number of nitrogens with one attached hydrogen (secondary N) is 1. The monoisotopic (exact) mass is 230 g/mol. The molecule has 0 saturated carbocycles. The van der Waals surface area contributed by atoms with E-state index in [1.165, 1.54) is 0 Å². The molecule has 4 nitrogen and oxygen atoms in total. The van der Waals surface area contributed by atoms with Crippen molar-refractivity contribution in [3.8, 4) is 6.07 Å². The summed E-state index contributed by atoms with van der Waals surface area (Å²) in [5.74, 6) is -0.906. The second-order valence-corrected chi connectivity index (χ2v) is 3.61. The van der Waals surface area contributed by atoms with Gasteiger partial charge in [0.15, 0.2) is 0 Å². The Hall–Kier alpha value is -2.28. The molecule has 17 heavy (non-hydrogen) atoms. The Kier molecular flexibility index (Phi) is 4.77. The summed E-state index contributed by atoms with van der Waals surface area (Å²) >= 11 is 0. The highest BCUT2D eigenvalue weighted by atomic mass is 16.4. The lowest BCUT2D eigenvalue weighted by molar-refractivity contribution is -0.132. The van der Waals surface area contributed by atoms with E-state index in [0.717, 1.165) is 11.3 Å². The van der Waals surface area contributed by atoms with E-state index in [1.54, 1.807) is 13.0 Å². The third-order valence-corrected chi connectivity index (χ3v) is 2.29. The number of aliphatic carboxylic acids is 1. The summed E-state index contributed by atoms with van der Waals surface area (Å²) in [6.07, 6.45) is 2.02. The molecule has 0 spiro atoms. The minimum Gasteiger partial charge on any atom is -0.478 e. The fourth-order valence-electron chi connectivity index (χ4n) is 1.24. The number of hydrogen-bond acceptors (Lipinski definition) is 3. The average Bonchev–Trinajstić information content (AvgIpc) is 2.31. The molecule has 0 atom stereocenters. The van der Waals surface area contributed by atoms with Crippen LogP contribution in [0.1, 0.15) is 12.5 Å². The highest BCUT2D eigenvalue weighted by molar-refractivity contribution is 5.85.